The first kappa shape index (κ1) is 14.2. The van der Waals surface area contributed by atoms with Gasteiger partial charge in [-0.05, 0) is 37.5 Å². The monoisotopic (exact) mass is 288 g/mol. The Bertz CT molecular complexity index is 585. The molecule has 1 saturated carbocycles. The molecule has 1 aliphatic carbocycles. The van der Waals surface area contributed by atoms with Gasteiger partial charge in [-0.15, -0.1) is 0 Å². The zero-order valence-corrected chi connectivity index (χ0v) is 11.5. The molecule has 0 atom stereocenters. The summed E-state index contributed by atoms with van der Waals surface area (Å²) in [6.07, 6.45) is 1.48. The van der Waals surface area contributed by atoms with Crippen LogP contribution in [0.1, 0.15) is 18.4 Å². The molecule has 1 aromatic carbocycles. The Kier molecular flexibility index (Phi) is 3.80. The molecule has 0 spiro atoms. The van der Waals surface area contributed by atoms with Crippen LogP contribution >= 0.6 is 0 Å². The second-order valence-corrected chi connectivity index (χ2v) is 6.58. The van der Waals surface area contributed by atoms with Crippen LogP contribution in [0.15, 0.2) is 17.0 Å². The van der Waals surface area contributed by atoms with Gasteiger partial charge in [0.05, 0.1) is 6.61 Å². The molecule has 0 amide bonds. The van der Waals surface area contributed by atoms with Gasteiger partial charge in [0, 0.05) is 18.3 Å². The number of nitrogens with zero attached hydrogens (tertiary/aromatic N) is 1. The highest BCUT2D eigenvalue weighted by atomic mass is 32.2. The molecular weight excluding hydrogens is 271 g/mol. The second-order valence-electron chi connectivity index (χ2n) is 4.72. The third kappa shape index (κ3) is 2.72. The number of nitrogen functional groups attached to an aromatic ring is 1. The SMILES string of the molecule is Cc1cc(N)cc(S(=O)(=O)N(CCO)C2CC2)c1F. The van der Waals surface area contributed by atoms with Gasteiger partial charge in [0.1, 0.15) is 10.7 Å². The van der Waals surface area contributed by atoms with E-state index in [2.05, 4.69) is 0 Å². The van der Waals surface area contributed by atoms with Crippen LogP contribution in [-0.2, 0) is 10.0 Å². The lowest BCUT2D eigenvalue weighted by atomic mass is 10.2. The van der Waals surface area contributed by atoms with Crippen LogP contribution < -0.4 is 5.73 Å². The van der Waals surface area contributed by atoms with Crippen molar-refractivity contribution in [3.05, 3.63) is 23.5 Å². The topological polar surface area (TPSA) is 83.6 Å². The van der Waals surface area contributed by atoms with Gasteiger partial charge in [-0.2, -0.15) is 4.31 Å². The number of sulfonamides is 1. The Morgan fingerprint density at radius 1 is 1.47 bits per heavy atom. The van der Waals surface area contributed by atoms with E-state index in [0.717, 1.165) is 23.2 Å². The molecule has 1 aromatic rings. The predicted octanol–water partition coefficient (Wildman–Crippen LogP) is 0.862. The minimum atomic E-state index is -3.96. The second kappa shape index (κ2) is 5.07. The lowest BCUT2D eigenvalue weighted by Gasteiger charge is -2.21. The third-order valence-electron chi connectivity index (χ3n) is 3.10. The molecule has 0 radical (unpaired) electrons. The van der Waals surface area contributed by atoms with Gasteiger partial charge >= 0.3 is 0 Å². The van der Waals surface area contributed by atoms with Gasteiger partial charge in [0.15, 0.2) is 0 Å². The van der Waals surface area contributed by atoms with E-state index in [1.165, 1.54) is 13.0 Å². The van der Waals surface area contributed by atoms with Crippen molar-refractivity contribution in [3.63, 3.8) is 0 Å². The first-order chi connectivity index (χ1) is 8.87. The number of rotatable bonds is 5. The van der Waals surface area contributed by atoms with Crippen molar-refractivity contribution < 1.29 is 17.9 Å². The van der Waals surface area contributed by atoms with Crippen molar-refractivity contribution in [2.75, 3.05) is 18.9 Å². The van der Waals surface area contributed by atoms with Crippen LogP contribution in [0.3, 0.4) is 0 Å². The van der Waals surface area contributed by atoms with E-state index in [4.69, 9.17) is 10.8 Å². The Morgan fingerprint density at radius 2 is 2.11 bits per heavy atom. The van der Waals surface area contributed by atoms with Crippen molar-refractivity contribution >= 4 is 15.7 Å². The highest BCUT2D eigenvalue weighted by molar-refractivity contribution is 7.89. The summed E-state index contributed by atoms with van der Waals surface area (Å²) in [6.45, 7) is 1.15. The Labute approximate surface area is 111 Å². The molecule has 0 unspecified atom stereocenters. The molecule has 0 heterocycles. The van der Waals surface area contributed by atoms with Crippen LogP contribution in [0.4, 0.5) is 10.1 Å². The van der Waals surface area contributed by atoms with Crippen LogP contribution in [0, 0.1) is 12.7 Å². The molecule has 0 aliphatic heterocycles. The fourth-order valence-corrected chi connectivity index (χ4v) is 3.89. The van der Waals surface area contributed by atoms with Crippen LogP contribution in [0.25, 0.3) is 0 Å². The molecule has 5 nitrogen and oxygen atoms in total. The van der Waals surface area contributed by atoms with Crippen LogP contribution in [0.5, 0.6) is 0 Å². The standard InChI is InChI=1S/C12H17FN2O3S/c1-8-6-9(14)7-11(12(8)13)19(17,18)15(4-5-16)10-2-3-10/h6-7,10,16H,2-5,14H2,1H3. The molecule has 0 aromatic heterocycles. The fourth-order valence-electron chi connectivity index (χ4n) is 2.04. The minimum Gasteiger partial charge on any atom is -0.399 e. The maximum Gasteiger partial charge on any atom is 0.246 e. The zero-order valence-electron chi connectivity index (χ0n) is 10.6. The molecular formula is C12H17FN2O3S. The Balaban J connectivity index is 2.49. The average Bonchev–Trinajstić information content (AvgIpc) is 3.14. The molecule has 106 valence electrons. The number of benzene rings is 1. The van der Waals surface area contributed by atoms with Gasteiger partial charge in [0.2, 0.25) is 10.0 Å². The van der Waals surface area contributed by atoms with Crippen molar-refractivity contribution in [1.29, 1.82) is 0 Å². The Hall–Kier alpha value is -1.18. The number of hydrogen-bond donors (Lipinski definition) is 2. The number of aliphatic hydroxyl groups is 1. The summed E-state index contributed by atoms with van der Waals surface area (Å²) in [7, 11) is -3.96. The molecule has 7 heteroatoms. The summed E-state index contributed by atoms with van der Waals surface area (Å²) in [4.78, 5) is -0.412. The predicted molar refractivity (Wildman–Crippen MR) is 69.5 cm³/mol. The highest BCUT2D eigenvalue weighted by Gasteiger charge is 2.39. The largest absolute Gasteiger partial charge is 0.399 e. The minimum absolute atomic E-state index is 0.0275. The zero-order chi connectivity index (χ0) is 14.2. The average molecular weight is 288 g/mol. The Morgan fingerprint density at radius 3 is 2.63 bits per heavy atom. The summed E-state index contributed by atoms with van der Waals surface area (Å²) in [5.41, 5.74) is 5.99. The van der Waals surface area contributed by atoms with Gasteiger partial charge in [-0.3, -0.25) is 0 Å². The van der Waals surface area contributed by atoms with E-state index in [9.17, 15) is 12.8 Å². The van der Waals surface area contributed by atoms with E-state index in [0.29, 0.717) is 0 Å². The quantitative estimate of drug-likeness (QED) is 0.787. The van der Waals surface area contributed by atoms with E-state index >= 15 is 0 Å². The number of halogens is 1. The van der Waals surface area contributed by atoms with Gasteiger partial charge in [-0.25, -0.2) is 12.8 Å². The fraction of sp³-hybridized carbons (Fsp3) is 0.500. The molecule has 1 aliphatic rings. The van der Waals surface area contributed by atoms with Crippen molar-refractivity contribution in [2.24, 2.45) is 0 Å². The summed E-state index contributed by atoms with van der Waals surface area (Å²) in [6, 6.07) is 2.38. The molecule has 0 bridgehead atoms. The third-order valence-corrected chi connectivity index (χ3v) is 5.06. The summed E-state index contributed by atoms with van der Waals surface area (Å²) in [5.74, 6) is -0.780. The van der Waals surface area contributed by atoms with E-state index < -0.39 is 20.7 Å². The molecule has 0 saturated heterocycles. The summed E-state index contributed by atoms with van der Waals surface area (Å²) < 4.78 is 40.1. The van der Waals surface area contributed by atoms with E-state index in [-0.39, 0.29) is 30.4 Å². The lowest BCUT2D eigenvalue weighted by Crippen LogP contribution is -2.36. The first-order valence-electron chi connectivity index (χ1n) is 6.06. The summed E-state index contributed by atoms with van der Waals surface area (Å²) in [5, 5.41) is 8.98. The normalized spacial score (nSPS) is 16.0. The summed E-state index contributed by atoms with van der Waals surface area (Å²) >= 11 is 0. The van der Waals surface area contributed by atoms with Crippen molar-refractivity contribution in [3.8, 4) is 0 Å². The maximum atomic E-state index is 14.0. The van der Waals surface area contributed by atoms with E-state index in [1.807, 2.05) is 0 Å². The van der Waals surface area contributed by atoms with Crippen LogP contribution in [-0.4, -0.2) is 37.0 Å². The van der Waals surface area contributed by atoms with Gasteiger partial charge in [-0.1, -0.05) is 0 Å². The van der Waals surface area contributed by atoms with Crippen molar-refractivity contribution in [1.82, 2.24) is 4.31 Å². The highest BCUT2D eigenvalue weighted by Crippen LogP contribution is 2.33. The van der Waals surface area contributed by atoms with Gasteiger partial charge in [0.25, 0.3) is 0 Å². The van der Waals surface area contributed by atoms with Gasteiger partial charge < -0.3 is 10.8 Å². The smallest absolute Gasteiger partial charge is 0.246 e. The number of aliphatic hydroxyl groups excluding tert-OH is 1. The number of nitrogens with two attached hydrogens (primary N) is 1. The number of hydrogen-bond acceptors (Lipinski definition) is 4. The molecule has 19 heavy (non-hydrogen) atoms. The lowest BCUT2D eigenvalue weighted by molar-refractivity contribution is 0.250. The van der Waals surface area contributed by atoms with Crippen LogP contribution in [0.2, 0.25) is 0 Å². The molecule has 2 rings (SSSR count). The molecule has 1 fully saturated rings. The number of anilines is 1. The molecule has 3 N–H and O–H groups in total. The van der Waals surface area contributed by atoms with E-state index in [1.54, 1.807) is 0 Å². The van der Waals surface area contributed by atoms with Crippen molar-refractivity contribution in [2.45, 2.75) is 30.7 Å². The first-order valence-corrected chi connectivity index (χ1v) is 7.50. The maximum absolute atomic E-state index is 14.0. The number of aryl methyl sites for hydroxylation is 1.